The first-order valence-corrected chi connectivity index (χ1v) is 8.64. The van der Waals surface area contributed by atoms with E-state index in [9.17, 15) is 9.59 Å². The van der Waals surface area contributed by atoms with Gasteiger partial charge in [-0.1, -0.05) is 24.3 Å². The van der Waals surface area contributed by atoms with Crippen LogP contribution in [0.4, 0.5) is 11.4 Å². The van der Waals surface area contributed by atoms with Crippen molar-refractivity contribution in [1.29, 1.82) is 5.26 Å². The quantitative estimate of drug-likeness (QED) is 0.723. The number of pyridine rings is 1. The van der Waals surface area contributed by atoms with E-state index in [0.717, 1.165) is 11.1 Å². The standard InChI is InChI=1S/C22H18N4O2/c1-14-6-3-9-18(15(14)2)26-22(28)20-11-5-10-19(25-20)21(27)24-17-8-4-7-16(12-17)13-23/h3-12H,1-2H3,(H,24,27)(H,26,28). The van der Waals surface area contributed by atoms with Gasteiger partial charge in [-0.15, -0.1) is 0 Å². The number of anilines is 2. The molecule has 0 bridgehead atoms. The molecule has 6 heteroatoms. The van der Waals surface area contributed by atoms with Crippen molar-refractivity contribution in [2.45, 2.75) is 13.8 Å². The molecule has 2 N–H and O–H groups in total. The molecular weight excluding hydrogens is 352 g/mol. The largest absolute Gasteiger partial charge is 0.321 e. The summed E-state index contributed by atoms with van der Waals surface area (Å²) in [5, 5.41) is 14.5. The maximum absolute atomic E-state index is 12.6. The first kappa shape index (κ1) is 18.8. The second-order valence-corrected chi connectivity index (χ2v) is 6.26. The Morgan fingerprint density at radius 2 is 1.54 bits per heavy atom. The summed E-state index contributed by atoms with van der Waals surface area (Å²) in [7, 11) is 0. The Hall–Kier alpha value is -3.98. The van der Waals surface area contributed by atoms with Gasteiger partial charge in [-0.25, -0.2) is 4.98 Å². The SMILES string of the molecule is Cc1cccc(NC(=O)c2cccc(C(=O)Nc3cccc(C#N)c3)n2)c1C. The summed E-state index contributed by atoms with van der Waals surface area (Å²) in [6, 6.07) is 18.9. The van der Waals surface area contributed by atoms with Crippen LogP contribution in [-0.2, 0) is 0 Å². The summed E-state index contributed by atoms with van der Waals surface area (Å²) in [5.74, 6) is -0.855. The van der Waals surface area contributed by atoms with Gasteiger partial charge in [0.05, 0.1) is 11.6 Å². The Labute approximate surface area is 162 Å². The van der Waals surface area contributed by atoms with Gasteiger partial charge in [-0.2, -0.15) is 5.26 Å². The topological polar surface area (TPSA) is 94.9 Å². The van der Waals surface area contributed by atoms with Crippen LogP contribution in [0.25, 0.3) is 0 Å². The fraction of sp³-hybridized carbons (Fsp3) is 0.0909. The number of nitriles is 1. The molecule has 1 heterocycles. The minimum absolute atomic E-state index is 0.107. The first-order valence-electron chi connectivity index (χ1n) is 8.64. The molecule has 2 amide bonds. The number of carbonyl (C=O) groups excluding carboxylic acids is 2. The van der Waals surface area contributed by atoms with E-state index in [1.54, 1.807) is 36.4 Å². The van der Waals surface area contributed by atoms with Crippen molar-refractivity contribution in [2.75, 3.05) is 10.6 Å². The molecule has 138 valence electrons. The number of hydrogen-bond donors (Lipinski definition) is 2. The smallest absolute Gasteiger partial charge is 0.274 e. The van der Waals surface area contributed by atoms with Gasteiger partial charge >= 0.3 is 0 Å². The number of rotatable bonds is 4. The molecule has 28 heavy (non-hydrogen) atoms. The molecule has 0 atom stereocenters. The monoisotopic (exact) mass is 370 g/mol. The van der Waals surface area contributed by atoms with Crippen molar-refractivity contribution < 1.29 is 9.59 Å². The molecule has 0 spiro atoms. The van der Waals surface area contributed by atoms with Gasteiger partial charge in [0.2, 0.25) is 0 Å². The third-order valence-corrected chi connectivity index (χ3v) is 4.32. The van der Waals surface area contributed by atoms with Gasteiger partial charge in [0, 0.05) is 11.4 Å². The second-order valence-electron chi connectivity index (χ2n) is 6.26. The maximum atomic E-state index is 12.6. The van der Waals surface area contributed by atoms with Gasteiger partial charge in [-0.3, -0.25) is 9.59 Å². The van der Waals surface area contributed by atoms with E-state index in [2.05, 4.69) is 15.6 Å². The predicted molar refractivity (Wildman–Crippen MR) is 107 cm³/mol. The van der Waals surface area contributed by atoms with Crippen LogP contribution in [0, 0.1) is 25.2 Å². The minimum atomic E-state index is -0.462. The molecule has 0 radical (unpaired) electrons. The number of aryl methyl sites for hydroxylation is 1. The lowest BCUT2D eigenvalue weighted by Gasteiger charge is -2.10. The van der Waals surface area contributed by atoms with Crippen molar-refractivity contribution in [3.05, 3.63) is 88.7 Å². The summed E-state index contributed by atoms with van der Waals surface area (Å²) in [6.45, 7) is 3.90. The van der Waals surface area contributed by atoms with E-state index in [1.165, 1.54) is 6.07 Å². The molecule has 1 aromatic heterocycles. The molecule has 3 aromatic rings. The zero-order chi connectivity index (χ0) is 20.1. The zero-order valence-corrected chi connectivity index (χ0v) is 15.5. The van der Waals surface area contributed by atoms with Gasteiger partial charge in [0.15, 0.2) is 0 Å². The molecule has 0 aliphatic carbocycles. The molecule has 0 saturated carbocycles. The van der Waals surface area contributed by atoms with Crippen LogP contribution in [0.15, 0.2) is 60.7 Å². The van der Waals surface area contributed by atoms with Gasteiger partial charge < -0.3 is 10.6 Å². The van der Waals surface area contributed by atoms with E-state index >= 15 is 0 Å². The molecule has 6 nitrogen and oxygen atoms in total. The Morgan fingerprint density at radius 3 is 2.25 bits per heavy atom. The molecule has 0 aliphatic heterocycles. The number of aromatic nitrogens is 1. The van der Waals surface area contributed by atoms with E-state index in [-0.39, 0.29) is 11.4 Å². The Kier molecular flexibility index (Phi) is 5.47. The lowest BCUT2D eigenvalue weighted by atomic mass is 10.1. The summed E-state index contributed by atoms with van der Waals surface area (Å²) < 4.78 is 0. The van der Waals surface area contributed by atoms with Crippen LogP contribution in [-0.4, -0.2) is 16.8 Å². The number of carbonyl (C=O) groups is 2. The lowest BCUT2D eigenvalue weighted by Crippen LogP contribution is -2.19. The molecule has 0 unspecified atom stereocenters. The fourth-order valence-electron chi connectivity index (χ4n) is 2.62. The normalized spacial score (nSPS) is 10.0. The maximum Gasteiger partial charge on any atom is 0.274 e. The molecule has 3 rings (SSSR count). The number of hydrogen-bond acceptors (Lipinski definition) is 4. The van der Waals surface area contributed by atoms with Crippen LogP contribution in [0.5, 0.6) is 0 Å². The van der Waals surface area contributed by atoms with E-state index in [4.69, 9.17) is 5.26 Å². The third-order valence-electron chi connectivity index (χ3n) is 4.32. The molecule has 0 saturated heterocycles. The molecule has 0 aliphatic rings. The average Bonchev–Trinajstić information content (AvgIpc) is 2.71. The summed E-state index contributed by atoms with van der Waals surface area (Å²) in [6.07, 6.45) is 0. The number of amides is 2. The van der Waals surface area contributed by atoms with Crippen LogP contribution in [0.2, 0.25) is 0 Å². The summed E-state index contributed by atoms with van der Waals surface area (Å²) in [4.78, 5) is 29.2. The molecular formula is C22H18N4O2. The fourth-order valence-corrected chi connectivity index (χ4v) is 2.62. The molecule has 0 fully saturated rings. The highest BCUT2D eigenvalue weighted by Gasteiger charge is 2.14. The second kappa shape index (κ2) is 8.14. The van der Waals surface area contributed by atoms with Gasteiger partial charge in [0.1, 0.15) is 11.4 Å². The average molecular weight is 370 g/mol. The van der Waals surface area contributed by atoms with Crippen molar-refractivity contribution in [3.63, 3.8) is 0 Å². The van der Waals surface area contributed by atoms with Crippen LogP contribution < -0.4 is 10.6 Å². The van der Waals surface area contributed by atoms with Crippen molar-refractivity contribution >= 4 is 23.2 Å². The number of benzene rings is 2. The van der Waals surface area contributed by atoms with Crippen molar-refractivity contribution in [2.24, 2.45) is 0 Å². The highest BCUT2D eigenvalue weighted by Crippen LogP contribution is 2.19. The van der Waals surface area contributed by atoms with Crippen LogP contribution in [0.1, 0.15) is 37.7 Å². The van der Waals surface area contributed by atoms with Gasteiger partial charge in [-0.05, 0) is 61.4 Å². The first-order chi connectivity index (χ1) is 13.5. The van der Waals surface area contributed by atoms with E-state index in [1.807, 2.05) is 38.1 Å². The van der Waals surface area contributed by atoms with Crippen LogP contribution >= 0.6 is 0 Å². The Morgan fingerprint density at radius 1 is 0.893 bits per heavy atom. The minimum Gasteiger partial charge on any atom is -0.321 e. The summed E-state index contributed by atoms with van der Waals surface area (Å²) in [5.41, 5.74) is 3.91. The van der Waals surface area contributed by atoms with E-state index in [0.29, 0.717) is 16.9 Å². The Balaban J connectivity index is 1.77. The Bertz CT molecular complexity index is 1100. The predicted octanol–water partition coefficient (Wildman–Crippen LogP) is 4.07. The van der Waals surface area contributed by atoms with Crippen molar-refractivity contribution in [1.82, 2.24) is 4.98 Å². The molecule has 2 aromatic carbocycles. The van der Waals surface area contributed by atoms with Crippen LogP contribution in [0.3, 0.4) is 0 Å². The lowest BCUT2D eigenvalue weighted by molar-refractivity contribution is 0.101. The van der Waals surface area contributed by atoms with E-state index < -0.39 is 11.8 Å². The van der Waals surface area contributed by atoms with Crippen molar-refractivity contribution in [3.8, 4) is 6.07 Å². The summed E-state index contributed by atoms with van der Waals surface area (Å²) >= 11 is 0. The highest BCUT2D eigenvalue weighted by atomic mass is 16.2. The van der Waals surface area contributed by atoms with Gasteiger partial charge in [0.25, 0.3) is 11.8 Å². The zero-order valence-electron chi connectivity index (χ0n) is 15.5. The third kappa shape index (κ3) is 4.22. The highest BCUT2D eigenvalue weighted by molar-refractivity contribution is 6.06. The number of nitrogens with zero attached hydrogens (tertiary/aromatic N) is 2. The number of nitrogens with one attached hydrogen (secondary N) is 2.